The molecular formula is C22H22ClN3O2. The van der Waals surface area contributed by atoms with Gasteiger partial charge in [0.05, 0.1) is 0 Å². The maximum atomic E-state index is 12.7. The molecule has 0 radical (unpaired) electrons. The van der Waals surface area contributed by atoms with E-state index in [9.17, 15) is 4.79 Å². The number of hydrogen-bond donors (Lipinski definition) is 1. The van der Waals surface area contributed by atoms with Crippen LogP contribution in [0.15, 0.2) is 59.1 Å². The van der Waals surface area contributed by atoms with Gasteiger partial charge in [-0.1, -0.05) is 59.9 Å². The van der Waals surface area contributed by atoms with Gasteiger partial charge in [-0.3, -0.25) is 4.79 Å². The third-order valence-electron chi connectivity index (χ3n) is 5.17. The van der Waals surface area contributed by atoms with Gasteiger partial charge in [-0.2, -0.15) is 4.98 Å². The molecule has 5 nitrogen and oxygen atoms in total. The van der Waals surface area contributed by atoms with E-state index in [2.05, 4.69) is 15.5 Å². The van der Waals surface area contributed by atoms with Crippen LogP contribution in [0.5, 0.6) is 0 Å². The Bertz CT molecular complexity index is 918. The molecule has 0 spiro atoms. The van der Waals surface area contributed by atoms with Crippen molar-refractivity contribution in [3.8, 4) is 11.4 Å². The molecule has 2 aromatic carbocycles. The Kier molecular flexibility index (Phi) is 5.72. The fourth-order valence-electron chi connectivity index (χ4n) is 3.62. The molecule has 1 fully saturated rings. The van der Waals surface area contributed by atoms with Crippen LogP contribution in [0, 0.1) is 5.92 Å². The predicted octanol–water partition coefficient (Wildman–Crippen LogP) is 4.98. The summed E-state index contributed by atoms with van der Waals surface area (Å²) < 4.78 is 5.54. The van der Waals surface area contributed by atoms with Gasteiger partial charge < -0.3 is 9.84 Å². The van der Waals surface area contributed by atoms with E-state index in [0.717, 1.165) is 36.8 Å². The lowest BCUT2D eigenvalue weighted by molar-refractivity contribution is -0.125. The maximum absolute atomic E-state index is 12.7. The molecule has 4 rings (SSSR count). The molecule has 1 atom stereocenters. The molecule has 0 aliphatic heterocycles. The van der Waals surface area contributed by atoms with E-state index >= 15 is 0 Å². The maximum Gasteiger partial charge on any atom is 0.249 e. The van der Waals surface area contributed by atoms with Crippen molar-refractivity contribution in [1.82, 2.24) is 15.5 Å². The number of benzene rings is 2. The number of rotatable bonds is 6. The van der Waals surface area contributed by atoms with Crippen LogP contribution in [0.25, 0.3) is 11.4 Å². The number of hydrogen-bond acceptors (Lipinski definition) is 4. The predicted molar refractivity (Wildman–Crippen MR) is 108 cm³/mol. The Hall–Kier alpha value is -2.66. The first-order chi connectivity index (χ1) is 13.7. The van der Waals surface area contributed by atoms with Gasteiger partial charge >= 0.3 is 0 Å². The molecule has 6 heteroatoms. The summed E-state index contributed by atoms with van der Waals surface area (Å²) in [6.45, 7) is 0. The smallest absolute Gasteiger partial charge is 0.249 e. The monoisotopic (exact) mass is 395 g/mol. The first-order valence-electron chi connectivity index (χ1n) is 9.63. The highest BCUT2D eigenvalue weighted by Crippen LogP contribution is 2.27. The van der Waals surface area contributed by atoms with Gasteiger partial charge in [0.1, 0.15) is 6.04 Å². The van der Waals surface area contributed by atoms with E-state index in [-0.39, 0.29) is 17.9 Å². The van der Waals surface area contributed by atoms with Crippen molar-refractivity contribution in [2.24, 2.45) is 5.92 Å². The zero-order valence-electron chi connectivity index (χ0n) is 15.5. The van der Waals surface area contributed by atoms with E-state index in [1.807, 2.05) is 42.5 Å². The molecule has 1 aliphatic carbocycles. The Labute approximate surface area is 169 Å². The minimum Gasteiger partial charge on any atom is -0.344 e. The van der Waals surface area contributed by atoms with Crippen molar-refractivity contribution in [2.45, 2.75) is 38.1 Å². The summed E-state index contributed by atoms with van der Waals surface area (Å²) >= 11 is 5.95. The van der Waals surface area contributed by atoms with Gasteiger partial charge in [-0.25, -0.2) is 0 Å². The standard InChI is InChI=1S/C22H22ClN3O2/c23-18-12-10-16(11-13-18)20-25-22(28-26-20)19(14-15-6-2-1-3-7-15)24-21(27)17-8-4-5-9-17/h1-3,6-7,10-13,17,19H,4-5,8-9,14H2,(H,24,27)/t19-/m0/s1. The highest BCUT2D eigenvalue weighted by molar-refractivity contribution is 6.30. The number of halogens is 1. The van der Waals surface area contributed by atoms with Crippen LogP contribution in [0.4, 0.5) is 0 Å². The highest BCUT2D eigenvalue weighted by atomic mass is 35.5. The van der Waals surface area contributed by atoms with Crippen molar-refractivity contribution in [3.63, 3.8) is 0 Å². The van der Waals surface area contributed by atoms with Crippen LogP contribution >= 0.6 is 11.6 Å². The molecule has 1 aliphatic rings. The van der Waals surface area contributed by atoms with Gasteiger partial charge in [0, 0.05) is 22.9 Å². The zero-order valence-corrected chi connectivity index (χ0v) is 16.2. The van der Waals surface area contributed by atoms with E-state index in [0.29, 0.717) is 23.2 Å². The Morgan fingerprint density at radius 1 is 1.11 bits per heavy atom. The molecule has 144 valence electrons. The molecule has 28 heavy (non-hydrogen) atoms. The third-order valence-corrected chi connectivity index (χ3v) is 5.42. The Morgan fingerprint density at radius 3 is 2.54 bits per heavy atom. The van der Waals surface area contributed by atoms with Crippen molar-refractivity contribution in [2.75, 3.05) is 0 Å². The van der Waals surface area contributed by atoms with Crippen LogP contribution < -0.4 is 5.32 Å². The second kappa shape index (κ2) is 8.57. The number of aromatic nitrogens is 2. The number of carbonyl (C=O) groups excluding carboxylic acids is 1. The number of carbonyl (C=O) groups is 1. The summed E-state index contributed by atoms with van der Waals surface area (Å²) in [5, 5.41) is 7.90. The minimum absolute atomic E-state index is 0.0738. The largest absolute Gasteiger partial charge is 0.344 e. The van der Waals surface area contributed by atoms with Gasteiger partial charge in [0.15, 0.2) is 0 Å². The summed E-state index contributed by atoms with van der Waals surface area (Å²) in [4.78, 5) is 17.3. The average Bonchev–Trinajstić information content (AvgIpc) is 3.41. The third kappa shape index (κ3) is 4.42. The molecule has 3 aromatic rings. The molecule has 0 saturated heterocycles. The van der Waals surface area contributed by atoms with Gasteiger partial charge in [-0.15, -0.1) is 0 Å². The topological polar surface area (TPSA) is 68.0 Å². The molecular weight excluding hydrogens is 374 g/mol. The van der Waals surface area contributed by atoms with E-state index in [1.54, 1.807) is 12.1 Å². The average molecular weight is 396 g/mol. The van der Waals surface area contributed by atoms with Crippen LogP contribution in [-0.4, -0.2) is 16.0 Å². The fourth-order valence-corrected chi connectivity index (χ4v) is 3.75. The van der Waals surface area contributed by atoms with Crippen molar-refractivity contribution >= 4 is 17.5 Å². The van der Waals surface area contributed by atoms with Crippen LogP contribution in [0.1, 0.15) is 43.2 Å². The first kappa shape index (κ1) is 18.7. The Balaban J connectivity index is 1.57. The first-order valence-corrected chi connectivity index (χ1v) is 10.0. The van der Waals surface area contributed by atoms with Crippen molar-refractivity contribution in [1.29, 1.82) is 0 Å². The van der Waals surface area contributed by atoms with Crippen LogP contribution in [-0.2, 0) is 11.2 Å². The zero-order chi connectivity index (χ0) is 19.3. The molecule has 1 saturated carbocycles. The fraction of sp³-hybridized carbons (Fsp3) is 0.318. The van der Waals surface area contributed by atoms with E-state index in [1.165, 1.54) is 0 Å². The van der Waals surface area contributed by atoms with Crippen molar-refractivity contribution in [3.05, 3.63) is 71.1 Å². The second-order valence-electron chi connectivity index (χ2n) is 7.20. The van der Waals surface area contributed by atoms with Crippen LogP contribution in [0.2, 0.25) is 5.02 Å². The molecule has 1 amide bonds. The number of nitrogens with one attached hydrogen (secondary N) is 1. The van der Waals surface area contributed by atoms with Crippen LogP contribution in [0.3, 0.4) is 0 Å². The lowest BCUT2D eigenvalue weighted by atomic mass is 10.0. The second-order valence-corrected chi connectivity index (χ2v) is 7.63. The molecule has 1 heterocycles. The summed E-state index contributed by atoms with van der Waals surface area (Å²) in [6, 6.07) is 16.9. The lowest BCUT2D eigenvalue weighted by Crippen LogP contribution is -2.34. The minimum atomic E-state index is -0.357. The highest BCUT2D eigenvalue weighted by Gasteiger charge is 2.28. The lowest BCUT2D eigenvalue weighted by Gasteiger charge is -2.18. The summed E-state index contributed by atoms with van der Waals surface area (Å²) in [5.41, 5.74) is 1.92. The molecule has 0 bridgehead atoms. The van der Waals surface area contributed by atoms with Gasteiger partial charge in [-0.05, 0) is 42.7 Å². The summed E-state index contributed by atoms with van der Waals surface area (Å²) in [5.74, 6) is 1.06. The molecule has 1 aromatic heterocycles. The van der Waals surface area contributed by atoms with Gasteiger partial charge in [0.25, 0.3) is 0 Å². The quantitative estimate of drug-likeness (QED) is 0.639. The SMILES string of the molecule is O=C(N[C@@H](Cc1ccccc1)c1nc(-c2ccc(Cl)cc2)no1)C1CCCC1. The van der Waals surface area contributed by atoms with E-state index < -0.39 is 0 Å². The van der Waals surface area contributed by atoms with Crippen molar-refractivity contribution < 1.29 is 9.32 Å². The molecule has 1 N–H and O–H groups in total. The normalized spacial score (nSPS) is 15.5. The van der Waals surface area contributed by atoms with Gasteiger partial charge in [0.2, 0.25) is 17.6 Å². The Morgan fingerprint density at radius 2 is 1.82 bits per heavy atom. The number of nitrogens with zero attached hydrogens (tertiary/aromatic N) is 2. The summed E-state index contributed by atoms with van der Waals surface area (Å²) in [6.07, 6.45) is 4.72. The summed E-state index contributed by atoms with van der Waals surface area (Å²) in [7, 11) is 0. The van der Waals surface area contributed by atoms with E-state index in [4.69, 9.17) is 16.1 Å². The molecule has 0 unspecified atom stereocenters. The number of amides is 1.